The predicted molar refractivity (Wildman–Crippen MR) is 111 cm³/mol. The molecule has 1 aromatic heterocycles. The van der Waals surface area contributed by atoms with E-state index in [2.05, 4.69) is 23.3 Å². The molecule has 0 unspecified atom stereocenters. The molecule has 5 heteroatoms. The highest BCUT2D eigenvalue weighted by atomic mass is 19.1. The highest BCUT2D eigenvalue weighted by Gasteiger charge is 2.23. The van der Waals surface area contributed by atoms with Crippen LogP contribution in [0.1, 0.15) is 42.1 Å². The number of piperidine rings is 1. The van der Waals surface area contributed by atoms with Gasteiger partial charge in [-0.2, -0.15) is 0 Å². The third-order valence-corrected chi connectivity index (χ3v) is 5.36. The molecule has 1 fully saturated rings. The largest absolute Gasteiger partial charge is 0.354 e. The van der Waals surface area contributed by atoms with E-state index < -0.39 is 0 Å². The average molecular weight is 377 g/mol. The molecular formula is C23H24FN3O. The van der Waals surface area contributed by atoms with E-state index in [1.807, 2.05) is 23.1 Å². The van der Waals surface area contributed by atoms with Crippen LogP contribution in [0.3, 0.4) is 0 Å². The quantitative estimate of drug-likeness (QED) is 0.670. The number of nitrogens with one attached hydrogen (secondary N) is 1. The van der Waals surface area contributed by atoms with Gasteiger partial charge in [-0.25, -0.2) is 4.39 Å². The van der Waals surface area contributed by atoms with Gasteiger partial charge in [0, 0.05) is 30.4 Å². The summed E-state index contributed by atoms with van der Waals surface area (Å²) in [6, 6.07) is 12.5. The average Bonchev–Trinajstić information content (AvgIpc) is 2.74. The van der Waals surface area contributed by atoms with Crippen LogP contribution in [-0.2, 0) is 6.42 Å². The second kappa shape index (κ2) is 7.97. The number of nitrogens with zero attached hydrogens (tertiary/aromatic N) is 2. The summed E-state index contributed by atoms with van der Waals surface area (Å²) in [4.78, 5) is 19.6. The fraction of sp³-hybridized carbons (Fsp3) is 0.304. The third-order valence-electron chi connectivity index (χ3n) is 5.36. The Bertz CT molecular complexity index is 1010. The number of hydrogen-bond donors (Lipinski definition) is 1. The van der Waals surface area contributed by atoms with Crippen LogP contribution in [0.15, 0.2) is 48.7 Å². The zero-order chi connectivity index (χ0) is 19.5. The van der Waals surface area contributed by atoms with Crippen LogP contribution in [0.4, 0.5) is 15.8 Å². The number of carbonyl (C=O) groups is 1. The number of anilines is 2. The SMILES string of the molecule is CCc1ccccc1Nc1c(C(=O)N2CCCCC2)cnc2ccc(F)cc12. The Balaban J connectivity index is 1.84. The molecule has 1 N–H and O–H groups in total. The summed E-state index contributed by atoms with van der Waals surface area (Å²) in [5.41, 5.74) is 3.84. The first kappa shape index (κ1) is 18.4. The van der Waals surface area contributed by atoms with Crippen LogP contribution in [0, 0.1) is 5.82 Å². The first-order chi connectivity index (χ1) is 13.7. The summed E-state index contributed by atoms with van der Waals surface area (Å²) in [5.74, 6) is -0.390. The minimum absolute atomic E-state index is 0.0464. The summed E-state index contributed by atoms with van der Waals surface area (Å²) in [5, 5.41) is 4.05. The maximum Gasteiger partial charge on any atom is 0.257 e. The molecule has 4 rings (SSSR count). The number of hydrogen-bond acceptors (Lipinski definition) is 3. The Labute approximate surface area is 164 Å². The van der Waals surface area contributed by atoms with Crippen LogP contribution in [0.25, 0.3) is 10.9 Å². The lowest BCUT2D eigenvalue weighted by molar-refractivity contribution is 0.0725. The second-order valence-electron chi connectivity index (χ2n) is 7.20. The Morgan fingerprint density at radius 1 is 1.14 bits per heavy atom. The lowest BCUT2D eigenvalue weighted by Gasteiger charge is -2.28. The topological polar surface area (TPSA) is 45.2 Å². The Morgan fingerprint density at radius 3 is 2.71 bits per heavy atom. The molecule has 4 nitrogen and oxygen atoms in total. The monoisotopic (exact) mass is 377 g/mol. The van der Waals surface area contributed by atoms with E-state index in [0.717, 1.165) is 50.0 Å². The molecule has 1 aliphatic rings. The van der Waals surface area contributed by atoms with Gasteiger partial charge in [-0.3, -0.25) is 9.78 Å². The van der Waals surface area contributed by atoms with Gasteiger partial charge in [-0.15, -0.1) is 0 Å². The van der Waals surface area contributed by atoms with E-state index in [4.69, 9.17) is 0 Å². The van der Waals surface area contributed by atoms with Crippen molar-refractivity contribution in [3.63, 3.8) is 0 Å². The van der Waals surface area contributed by atoms with Gasteiger partial charge in [0.15, 0.2) is 0 Å². The molecule has 28 heavy (non-hydrogen) atoms. The molecule has 0 atom stereocenters. The molecule has 2 aromatic carbocycles. The van der Waals surface area contributed by atoms with E-state index in [0.29, 0.717) is 22.2 Å². The van der Waals surface area contributed by atoms with E-state index in [-0.39, 0.29) is 11.7 Å². The lowest BCUT2D eigenvalue weighted by atomic mass is 10.0. The maximum absolute atomic E-state index is 14.0. The van der Waals surface area contributed by atoms with Crippen molar-refractivity contribution in [1.82, 2.24) is 9.88 Å². The number of para-hydroxylation sites is 1. The van der Waals surface area contributed by atoms with Crippen molar-refractivity contribution in [1.29, 1.82) is 0 Å². The van der Waals surface area contributed by atoms with Crippen molar-refractivity contribution in [3.8, 4) is 0 Å². The van der Waals surface area contributed by atoms with Crippen molar-refractivity contribution >= 4 is 28.2 Å². The minimum atomic E-state index is -0.344. The number of benzene rings is 2. The van der Waals surface area contributed by atoms with Gasteiger partial charge in [-0.1, -0.05) is 25.1 Å². The van der Waals surface area contributed by atoms with Gasteiger partial charge < -0.3 is 10.2 Å². The molecule has 0 bridgehead atoms. The minimum Gasteiger partial charge on any atom is -0.354 e. The number of aromatic nitrogens is 1. The van der Waals surface area contributed by atoms with Crippen molar-refractivity contribution in [2.45, 2.75) is 32.6 Å². The first-order valence-corrected chi connectivity index (χ1v) is 9.90. The zero-order valence-corrected chi connectivity index (χ0v) is 16.0. The highest BCUT2D eigenvalue weighted by Crippen LogP contribution is 2.32. The lowest BCUT2D eigenvalue weighted by Crippen LogP contribution is -2.36. The van der Waals surface area contributed by atoms with Gasteiger partial charge in [0.05, 0.1) is 16.8 Å². The molecule has 0 spiro atoms. The van der Waals surface area contributed by atoms with Gasteiger partial charge in [0.2, 0.25) is 0 Å². The van der Waals surface area contributed by atoms with Crippen LogP contribution >= 0.6 is 0 Å². The molecule has 144 valence electrons. The Morgan fingerprint density at radius 2 is 1.93 bits per heavy atom. The van der Waals surface area contributed by atoms with Crippen LogP contribution < -0.4 is 5.32 Å². The van der Waals surface area contributed by atoms with Crippen molar-refractivity contribution in [3.05, 3.63) is 65.6 Å². The number of aryl methyl sites for hydroxylation is 1. The molecule has 0 saturated carbocycles. The normalized spacial score (nSPS) is 14.3. The number of amides is 1. The van der Waals surface area contributed by atoms with Crippen LogP contribution in [0.5, 0.6) is 0 Å². The van der Waals surface area contributed by atoms with Crippen molar-refractivity contribution in [2.24, 2.45) is 0 Å². The standard InChI is InChI=1S/C23H24FN3O/c1-2-16-8-4-5-9-20(16)26-22-18-14-17(24)10-11-21(18)25-15-19(22)23(28)27-12-6-3-7-13-27/h4-5,8-11,14-15H,2-3,6-7,12-13H2,1H3,(H,25,26). The summed E-state index contributed by atoms with van der Waals surface area (Å²) in [6.07, 6.45) is 5.66. The molecular weight excluding hydrogens is 353 g/mol. The number of pyridine rings is 1. The predicted octanol–water partition coefficient (Wildman–Crippen LogP) is 5.31. The second-order valence-corrected chi connectivity index (χ2v) is 7.20. The number of halogens is 1. The zero-order valence-electron chi connectivity index (χ0n) is 16.0. The number of carbonyl (C=O) groups excluding carboxylic acids is 1. The molecule has 2 heterocycles. The maximum atomic E-state index is 14.0. The fourth-order valence-electron chi connectivity index (χ4n) is 3.81. The van der Waals surface area contributed by atoms with E-state index in [1.165, 1.54) is 12.1 Å². The number of likely N-dealkylation sites (tertiary alicyclic amines) is 1. The van der Waals surface area contributed by atoms with Crippen molar-refractivity contribution in [2.75, 3.05) is 18.4 Å². The van der Waals surface area contributed by atoms with E-state index in [9.17, 15) is 9.18 Å². The van der Waals surface area contributed by atoms with E-state index in [1.54, 1.807) is 12.3 Å². The number of fused-ring (bicyclic) bond motifs is 1. The Hall–Kier alpha value is -2.95. The molecule has 1 aliphatic heterocycles. The van der Waals surface area contributed by atoms with Gasteiger partial charge in [0.25, 0.3) is 5.91 Å². The molecule has 3 aromatic rings. The molecule has 1 saturated heterocycles. The van der Waals surface area contributed by atoms with Gasteiger partial charge in [-0.05, 0) is 55.5 Å². The van der Waals surface area contributed by atoms with Crippen LogP contribution in [0.2, 0.25) is 0 Å². The molecule has 1 amide bonds. The smallest absolute Gasteiger partial charge is 0.257 e. The summed E-state index contributed by atoms with van der Waals surface area (Å²) < 4.78 is 14.0. The van der Waals surface area contributed by atoms with Gasteiger partial charge in [0.1, 0.15) is 5.82 Å². The van der Waals surface area contributed by atoms with Crippen molar-refractivity contribution < 1.29 is 9.18 Å². The van der Waals surface area contributed by atoms with Gasteiger partial charge >= 0.3 is 0 Å². The fourth-order valence-corrected chi connectivity index (χ4v) is 3.81. The summed E-state index contributed by atoms with van der Waals surface area (Å²) >= 11 is 0. The summed E-state index contributed by atoms with van der Waals surface area (Å²) in [7, 11) is 0. The highest BCUT2D eigenvalue weighted by molar-refractivity contribution is 6.08. The first-order valence-electron chi connectivity index (χ1n) is 9.90. The van der Waals surface area contributed by atoms with E-state index >= 15 is 0 Å². The van der Waals surface area contributed by atoms with Crippen LogP contribution in [-0.4, -0.2) is 28.9 Å². The summed E-state index contributed by atoms with van der Waals surface area (Å²) in [6.45, 7) is 3.60. The molecule has 0 radical (unpaired) electrons. The molecule has 0 aliphatic carbocycles. The number of rotatable bonds is 4. The Kier molecular flexibility index (Phi) is 5.24. The third kappa shape index (κ3) is 3.57.